The Kier molecular flexibility index (Phi) is 2.22. The summed E-state index contributed by atoms with van der Waals surface area (Å²) in [7, 11) is 0. The van der Waals surface area contributed by atoms with Crippen LogP contribution >= 0.6 is 0 Å². The van der Waals surface area contributed by atoms with Crippen molar-refractivity contribution in [2.24, 2.45) is 0 Å². The molecule has 2 heterocycles. The standard InChI is InChI=1S/C9H10N4/c1-2-4-10-8(3-1)5-11-9-6-12-13-7-9/h1-4,6-7,11H,5H2,(H,12,13). The molecule has 2 rings (SSSR count). The predicted molar refractivity (Wildman–Crippen MR) is 50.2 cm³/mol. The lowest BCUT2D eigenvalue weighted by Gasteiger charge is -2.01. The van der Waals surface area contributed by atoms with Crippen molar-refractivity contribution in [1.29, 1.82) is 0 Å². The lowest BCUT2D eigenvalue weighted by Crippen LogP contribution is -1.99. The molecule has 0 aliphatic heterocycles. The Morgan fingerprint density at radius 2 is 2.38 bits per heavy atom. The van der Waals surface area contributed by atoms with Gasteiger partial charge in [-0.25, -0.2) is 0 Å². The van der Waals surface area contributed by atoms with Crippen LogP contribution in [0.2, 0.25) is 0 Å². The van der Waals surface area contributed by atoms with Crippen molar-refractivity contribution in [1.82, 2.24) is 15.2 Å². The fraction of sp³-hybridized carbons (Fsp3) is 0.111. The number of hydrogen-bond acceptors (Lipinski definition) is 3. The Labute approximate surface area is 76.0 Å². The zero-order chi connectivity index (χ0) is 8.93. The van der Waals surface area contributed by atoms with Gasteiger partial charge in [0.2, 0.25) is 0 Å². The first-order valence-corrected chi connectivity index (χ1v) is 4.08. The summed E-state index contributed by atoms with van der Waals surface area (Å²) in [5, 5.41) is 9.74. The molecule has 0 bridgehead atoms. The summed E-state index contributed by atoms with van der Waals surface area (Å²) in [4.78, 5) is 4.19. The van der Waals surface area contributed by atoms with E-state index in [9.17, 15) is 0 Å². The highest BCUT2D eigenvalue weighted by Crippen LogP contribution is 2.03. The molecule has 2 N–H and O–H groups in total. The largest absolute Gasteiger partial charge is 0.377 e. The van der Waals surface area contributed by atoms with Gasteiger partial charge in [0.05, 0.1) is 24.1 Å². The molecular weight excluding hydrogens is 164 g/mol. The highest BCUT2D eigenvalue weighted by molar-refractivity contribution is 5.37. The molecule has 0 aliphatic carbocycles. The van der Waals surface area contributed by atoms with Gasteiger partial charge < -0.3 is 5.32 Å². The minimum absolute atomic E-state index is 0.723. The third-order valence-electron chi connectivity index (χ3n) is 1.70. The molecule has 0 saturated heterocycles. The molecule has 0 atom stereocenters. The van der Waals surface area contributed by atoms with Gasteiger partial charge in [-0.2, -0.15) is 5.10 Å². The third-order valence-corrected chi connectivity index (χ3v) is 1.70. The molecule has 0 saturated carbocycles. The SMILES string of the molecule is c1ccc(CNc2cn[nH]c2)nc1. The smallest absolute Gasteiger partial charge is 0.0726 e. The van der Waals surface area contributed by atoms with Crippen molar-refractivity contribution in [2.75, 3.05) is 5.32 Å². The van der Waals surface area contributed by atoms with Crippen LogP contribution in [0.15, 0.2) is 36.8 Å². The molecule has 4 nitrogen and oxygen atoms in total. The summed E-state index contributed by atoms with van der Waals surface area (Å²) in [6.45, 7) is 0.723. The van der Waals surface area contributed by atoms with Gasteiger partial charge >= 0.3 is 0 Å². The Bertz CT molecular complexity index is 341. The first-order chi connectivity index (χ1) is 6.45. The van der Waals surface area contributed by atoms with Crippen LogP contribution in [0.3, 0.4) is 0 Å². The van der Waals surface area contributed by atoms with Crippen molar-refractivity contribution in [3.8, 4) is 0 Å². The van der Waals surface area contributed by atoms with Crippen LogP contribution in [0.4, 0.5) is 5.69 Å². The summed E-state index contributed by atoms with van der Waals surface area (Å²) in [6.07, 6.45) is 5.33. The molecule has 0 aromatic carbocycles. The van der Waals surface area contributed by atoms with Gasteiger partial charge in [0.1, 0.15) is 0 Å². The lowest BCUT2D eigenvalue weighted by atomic mass is 10.3. The molecule has 0 fully saturated rings. The highest BCUT2D eigenvalue weighted by Gasteiger charge is 1.93. The summed E-state index contributed by atoms with van der Waals surface area (Å²) in [6, 6.07) is 5.85. The van der Waals surface area contributed by atoms with Crippen LogP contribution in [0.5, 0.6) is 0 Å². The van der Waals surface area contributed by atoms with Crippen molar-refractivity contribution in [3.63, 3.8) is 0 Å². The molecule has 66 valence electrons. The maximum Gasteiger partial charge on any atom is 0.0726 e. The molecule has 0 aliphatic rings. The Morgan fingerprint density at radius 3 is 3.08 bits per heavy atom. The number of pyridine rings is 1. The van der Waals surface area contributed by atoms with Gasteiger partial charge in [0.25, 0.3) is 0 Å². The average molecular weight is 174 g/mol. The van der Waals surface area contributed by atoms with E-state index in [0.29, 0.717) is 0 Å². The van der Waals surface area contributed by atoms with E-state index in [4.69, 9.17) is 0 Å². The molecule has 2 aromatic rings. The Balaban J connectivity index is 1.94. The second kappa shape index (κ2) is 3.71. The number of H-pyrrole nitrogens is 1. The number of nitrogens with zero attached hydrogens (tertiary/aromatic N) is 2. The van der Waals surface area contributed by atoms with E-state index < -0.39 is 0 Å². The second-order valence-electron chi connectivity index (χ2n) is 2.66. The van der Waals surface area contributed by atoms with Crippen molar-refractivity contribution in [2.45, 2.75) is 6.54 Å². The van der Waals surface area contributed by atoms with Crippen LogP contribution in [-0.4, -0.2) is 15.2 Å². The number of aromatic nitrogens is 3. The van der Waals surface area contributed by atoms with Crippen LogP contribution in [-0.2, 0) is 6.54 Å². The van der Waals surface area contributed by atoms with E-state index >= 15 is 0 Å². The zero-order valence-electron chi connectivity index (χ0n) is 7.07. The van der Waals surface area contributed by atoms with E-state index in [1.165, 1.54) is 0 Å². The number of rotatable bonds is 3. The van der Waals surface area contributed by atoms with Gasteiger partial charge in [0, 0.05) is 12.4 Å². The molecule has 0 radical (unpaired) electrons. The lowest BCUT2D eigenvalue weighted by molar-refractivity contribution is 1.05. The number of hydrogen-bond donors (Lipinski definition) is 2. The quantitative estimate of drug-likeness (QED) is 0.739. The fourth-order valence-electron chi connectivity index (χ4n) is 1.04. The van der Waals surface area contributed by atoms with Crippen molar-refractivity contribution < 1.29 is 0 Å². The van der Waals surface area contributed by atoms with E-state index in [2.05, 4.69) is 20.5 Å². The van der Waals surface area contributed by atoms with E-state index in [-0.39, 0.29) is 0 Å². The van der Waals surface area contributed by atoms with Crippen molar-refractivity contribution in [3.05, 3.63) is 42.5 Å². The van der Waals surface area contributed by atoms with Gasteiger partial charge in [0.15, 0.2) is 0 Å². The number of nitrogens with one attached hydrogen (secondary N) is 2. The van der Waals surface area contributed by atoms with Crippen molar-refractivity contribution >= 4 is 5.69 Å². The molecule has 0 spiro atoms. The maximum atomic E-state index is 4.19. The van der Waals surface area contributed by atoms with Crippen LogP contribution in [0.25, 0.3) is 0 Å². The second-order valence-corrected chi connectivity index (χ2v) is 2.66. The minimum Gasteiger partial charge on any atom is -0.377 e. The molecular formula is C9H10N4. The van der Waals surface area contributed by atoms with Gasteiger partial charge in [-0.05, 0) is 12.1 Å². The summed E-state index contributed by atoms with van der Waals surface area (Å²) in [5.41, 5.74) is 1.99. The van der Waals surface area contributed by atoms with Gasteiger partial charge in [-0.1, -0.05) is 6.07 Å². The summed E-state index contributed by atoms with van der Waals surface area (Å²) in [5.74, 6) is 0. The van der Waals surface area contributed by atoms with E-state index in [1.807, 2.05) is 24.4 Å². The summed E-state index contributed by atoms with van der Waals surface area (Å²) < 4.78 is 0. The van der Waals surface area contributed by atoms with E-state index in [0.717, 1.165) is 17.9 Å². The first kappa shape index (κ1) is 7.79. The number of aromatic amines is 1. The summed E-state index contributed by atoms with van der Waals surface area (Å²) >= 11 is 0. The molecule has 0 amide bonds. The fourth-order valence-corrected chi connectivity index (χ4v) is 1.04. The maximum absolute atomic E-state index is 4.19. The Morgan fingerprint density at radius 1 is 1.38 bits per heavy atom. The zero-order valence-corrected chi connectivity index (χ0v) is 7.07. The van der Waals surface area contributed by atoms with Gasteiger partial charge in [-0.3, -0.25) is 10.1 Å². The normalized spacial score (nSPS) is 9.85. The molecule has 2 aromatic heterocycles. The topological polar surface area (TPSA) is 53.6 Å². The minimum atomic E-state index is 0.723. The van der Waals surface area contributed by atoms with E-state index in [1.54, 1.807) is 12.4 Å². The monoisotopic (exact) mass is 174 g/mol. The third kappa shape index (κ3) is 2.05. The highest BCUT2D eigenvalue weighted by atomic mass is 15.1. The molecule has 0 unspecified atom stereocenters. The van der Waals surface area contributed by atoms with Crippen LogP contribution in [0.1, 0.15) is 5.69 Å². The predicted octanol–water partition coefficient (Wildman–Crippen LogP) is 1.42. The first-order valence-electron chi connectivity index (χ1n) is 4.08. The molecule has 4 heteroatoms. The van der Waals surface area contributed by atoms with Crippen LogP contribution < -0.4 is 5.32 Å². The molecule has 13 heavy (non-hydrogen) atoms. The Hall–Kier alpha value is -1.84. The van der Waals surface area contributed by atoms with Gasteiger partial charge in [-0.15, -0.1) is 0 Å². The number of anilines is 1. The average Bonchev–Trinajstić information content (AvgIpc) is 2.69. The van der Waals surface area contributed by atoms with Crippen LogP contribution in [0, 0.1) is 0 Å².